The van der Waals surface area contributed by atoms with Crippen molar-refractivity contribution in [3.63, 3.8) is 0 Å². The smallest absolute Gasteiger partial charge is 0.351 e. The van der Waals surface area contributed by atoms with Crippen molar-refractivity contribution in [1.82, 2.24) is 5.43 Å². The van der Waals surface area contributed by atoms with Crippen LogP contribution in [0.1, 0.15) is 12.5 Å². The molecule has 0 fully saturated rings. The minimum atomic E-state index is -1.02. The lowest BCUT2D eigenvalue weighted by Gasteiger charge is -2.03. The number of hydrogen-bond acceptors (Lipinski definition) is 3. The van der Waals surface area contributed by atoms with E-state index in [0.29, 0.717) is 18.0 Å². The van der Waals surface area contributed by atoms with Crippen LogP contribution in [0.25, 0.3) is 0 Å². The van der Waals surface area contributed by atoms with Gasteiger partial charge in [0.1, 0.15) is 5.71 Å². The van der Waals surface area contributed by atoms with Crippen molar-refractivity contribution in [2.24, 2.45) is 5.10 Å². The Morgan fingerprint density at radius 1 is 1.50 bits per heavy atom. The molecule has 0 bridgehead atoms. The SMILES string of the molecule is C/C(=N/NCCc1ccccc1Cl)C(=O)O. The van der Waals surface area contributed by atoms with E-state index in [-0.39, 0.29) is 5.71 Å². The molecule has 86 valence electrons. The van der Waals surface area contributed by atoms with Crippen molar-refractivity contribution in [2.75, 3.05) is 6.54 Å². The van der Waals surface area contributed by atoms with Crippen LogP contribution in [-0.4, -0.2) is 23.3 Å². The molecular formula is C11H13ClN2O2. The lowest BCUT2D eigenvalue weighted by molar-refractivity contribution is -0.129. The number of hydrazone groups is 1. The molecule has 0 heterocycles. The summed E-state index contributed by atoms with van der Waals surface area (Å²) in [6, 6.07) is 7.53. The largest absolute Gasteiger partial charge is 0.477 e. The number of nitrogens with zero attached hydrogens (tertiary/aromatic N) is 1. The van der Waals surface area contributed by atoms with E-state index in [1.54, 1.807) is 0 Å². The van der Waals surface area contributed by atoms with Crippen LogP contribution in [0.4, 0.5) is 0 Å². The number of nitrogens with one attached hydrogen (secondary N) is 1. The summed E-state index contributed by atoms with van der Waals surface area (Å²) in [5.74, 6) is -1.02. The van der Waals surface area contributed by atoms with Crippen LogP contribution in [0.3, 0.4) is 0 Å². The first-order valence-corrected chi connectivity index (χ1v) is 5.23. The predicted octanol–water partition coefficient (Wildman–Crippen LogP) is 1.93. The van der Waals surface area contributed by atoms with Crippen LogP contribution >= 0.6 is 11.6 Å². The maximum absolute atomic E-state index is 10.4. The summed E-state index contributed by atoms with van der Waals surface area (Å²) in [5.41, 5.74) is 3.75. The second-order valence-electron chi connectivity index (χ2n) is 3.25. The predicted molar refractivity (Wildman–Crippen MR) is 63.9 cm³/mol. The normalized spacial score (nSPS) is 11.2. The van der Waals surface area contributed by atoms with Gasteiger partial charge in [-0.1, -0.05) is 29.8 Å². The third-order valence-corrected chi connectivity index (χ3v) is 2.39. The highest BCUT2D eigenvalue weighted by Gasteiger charge is 2.01. The van der Waals surface area contributed by atoms with Crippen molar-refractivity contribution in [1.29, 1.82) is 0 Å². The van der Waals surface area contributed by atoms with E-state index in [1.807, 2.05) is 24.3 Å². The Kier molecular flexibility index (Phi) is 4.79. The van der Waals surface area contributed by atoms with E-state index in [4.69, 9.17) is 16.7 Å². The Balaban J connectivity index is 2.40. The molecular weight excluding hydrogens is 228 g/mol. The van der Waals surface area contributed by atoms with Crippen LogP contribution in [0.2, 0.25) is 5.02 Å². The van der Waals surface area contributed by atoms with Gasteiger partial charge in [-0.15, -0.1) is 0 Å². The number of carboxylic acid groups (broad SMARTS) is 1. The minimum absolute atomic E-state index is 0.0409. The van der Waals surface area contributed by atoms with Crippen molar-refractivity contribution >= 4 is 23.3 Å². The Morgan fingerprint density at radius 2 is 2.19 bits per heavy atom. The van der Waals surface area contributed by atoms with Gasteiger partial charge in [-0.2, -0.15) is 5.10 Å². The van der Waals surface area contributed by atoms with Crippen molar-refractivity contribution in [3.8, 4) is 0 Å². The number of rotatable bonds is 5. The molecule has 0 saturated carbocycles. The maximum Gasteiger partial charge on any atom is 0.351 e. The first-order valence-electron chi connectivity index (χ1n) is 4.85. The number of halogens is 1. The van der Waals surface area contributed by atoms with Gasteiger partial charge < -0.3 is 10.5 Å². The molecule has 4 nitrogen and oxygen atoms in total. The zero-order valence-electron chi connectivity index (χ0n) is 8.90. The quantitative estimate of drug-likeness (QED) is 0.470. The standard InChI is InChI=1S/C11H13ClN2O2/c1-8(11(15)16)14-13-7-6-9-4-2-3-5-10(9)12/h2-5,13H,6-7H2,1H3,(H,15,16)/b14-8-. The summed E-state index contributed by atoms with van der Waals surface area (Å²) in [5, 5.41) is 13.0. The Hall–Kier alpha value is -1.55. The number of benzene rings is 1. The zero-order valence-corrected chi connectivity index (χ0v) is 9.66. The number of aliphatic carboxylic acids is 1. The molecule has 1 aromatic carbocycles. The Labute approximate surface area is 98.9 Å². The van der Waals surface area contributed by atoms with Crippen LogP contribution in [-0.2, 0) is 11.2 Å². The summed E-state index contributed by atoms with van der Waals surface area (Å²) in [6.07, 6.45) is 0.704. The fourth-order valence-corrected chi connectivity index (χ4v) is 1.34. The lowest BCUT2D eigenvalue weighted by Crippen LogP contribution is -2.17. The molecule has 2 N–H and O–H groups in total. The molecule has 1 aromatic rings. The van der Waals surface area contributed by atoms with Crippen molar-refractivity contribution in [3.05, 3.63) is 34.9 Å². The maximum atomic E-state index is 10.4. The Bertz CT molecular complexity index is 405. The number of hydrogen-bond donors (Lipinski definition) is 2. The fourth-order valence-electron chi connectivity index (χ4n) is 1.11. The van der Waals surface area contributed by atoms with E-state index in [0.717, 1.165) is 5.56 Å². The van der Waals surface area contributed by atoms with Gasteiger partial charge in [0.15, 0.2) is 0 Å². The monoisotopic (exact) mass is 240 g/mol. The highest BCUT2D eigenvalue weighted by Crippen LogP contribution is 2.14. The molecule has 5 heteroatoms. The van der Waals surface area contributed by atoms with Crippen molar-refractivity contribution < 1.29 is 9.90 Å². The van der Waals surface area contributed by atoms with Gasteiger partial charge in [0, 0.05) is 11.6 Å². The second kappa shape index (κ2) is 6.12. The zero-order chi connectivity index (χ0) is 12.0. The topological polar surface area (TPSA) is 61.7 Å². The summed E-state index contributed by atoms with van der Waals surface area (Å²) in [7, 11) is 0. The van der Waals surface area contributed by atoms with Gasteiger partial charge >= 0.3 is 5.97 Å². The van der Waals surface area contributed by atoms with Gasteiger partial charge in [0.2, 0.25) is 0 Å². The summed E-state index contributed by atoms with van der Waals surface area (Å²) in [4.78, 5) is 10.4. The molecule has 16 heavy (non-hydrogen) atoms. The lowest BCUT2D eigenvalue weighted by atomic mass is 10.1. The summed E-state index contributed by atoms with van der Waals surface area (Å²) in [6.45, 7) is 1.99. The van der Waals surface area contributed by atoms with Crippen LogP contribution < -0.4 is 5.43 Å². The molecule has 0 aromatic heterocycles. The van der Waals surface area contributed by atoms with E-state index in [2.05, 4.69) is 10.5 Å². The van der Waals surface area contributed by atoms with E-state index >= 15 is 0 Å². The van der Waals surface area contributed by atoms with Gasteiger partial charge in [0.25, 0.3) is 0 Å². The van der Waals surface area contributed by atoms with Crippen LogP contribution in [0.5, 0.6) is 0 Å². The highest BCUT2D eigenvalue weighted by molar-refractivity contribution is 6.34. The van der Waals surface area contributed by atoms with Crippen LogP contribution in [0, 0.1) is 0 Å². The number of carbonyl (C=O) groups is 1. The highest BCUT2D eigenvalue weighted by atomic mass is 35.5. The molecule has 1 rings (SSSR count). The minimum Gasteiger partial charge on any atom is -0.477 e. The van der Waals surface area contributed by atoms with E-state index in [1.165, 1.54) is 6.92 Å². The van der Waals surface area contributed by atoms with Gasteiger partial charge in [-0.05, 0) is 25.0 Å². The fraction of sp³-hybridized carbons (Fsp3) is 0.273. The average molecular weight is 241 g/mol. The molecule has 0 spiro atoms. The third-order valence-electron chi connectivity index (χ3n) is 2.02. The first kappa shape index (κ1) is 12.5. The number of carboxylic acids is 1. The van der Waals surface area contributed by atoms with Gasteiger partial charge in [0.05, 0.1) is 0 Å². The average Bonchev–Trinajstić information content (AvgIpc) is 2.26. The first-order chi connectivity index (χ1) is 7.61. The third kappa shape index (κ3) is 3.90. The Morgan fingerprint density at radius 3 is 2.81 bits per heavy atom. The van der Waals surface area contributed by atoms with Crippen LogP contribution in [0.15, 0.2) is 29.4 Å². The van der Waals surface area contributed by atoms with E-state index in [9.17, 15) is 4.79 Å². The van der Waals surface area contributed by atoms with Gasteiger partial charge in [-0.3, -0.25) is 0 Å². The molecule has 0 aliphatic rings. The molecule has 0 radical (unpaired) electrons. The second-order valence-corrected chi connectivity index (χ2v) is 3.66. The molecule has 0 aliphatic heterocycles. The van der Waals surface area contributed by atoms with Gasteiger partial charge in [-0.25, -0.2) is 4.79 Å². The molecule has 0 atom stereocenters. The molecule has 0 saturated heterocycles. The van der Waals surface area contributed by atoms with E-state index < -0.39 is 5.97 Å². The molecule has 0 amide bonds. The molecule has 0 aliphatic carbocycles. The summed E-state index contributed by atoms with van der Waals surface area (Å²) >= 11 is 5.96. The summed E-state index contributed by atoms with van der Waals surface area (Å²) < 4.78 is 0. The molecule has 0 unspecified atom stereocenters. The van der Waals surface area contributed by atoms with Crippen molar-refractivity contribution in [2.45, 2.75) is 13.3 Å².